The summed E-state index contributed by atoms with van der Waals surface area (Å²) in [5.74, 6) is 0. The third-order valence-corrected chi connectivity index (χ3v) is 2.94. The van der Waals surface area contributed by atoms with Gasteiger partial charge < -0.3 is 15.2 Å². The first kappa shape index (κ1) is 11.0. The molecule has 0 radical (unpaired) electrons. The van der Waals surface area contributed by atoms with Crippen LogP contribution in [0, 0.1) is 0 Å². The number of amides is 1. The average Bonchev–Trinajstić information content (AvgIpc) is 2.67. The molecule has 0 spiro atoms. The number of thiophene rings is 1. The Morgan fingerprint density at radius 2 is 2.50 bits per heavy atom. The summed E-state index contributed by atoms with van der Waals surface area (Å²) in [6.07, 6.45) is -0.540. The molecular formula is C9H13NO3S. The normalized spacial score (nSPS) is 14.5. The third kappa shape index (κ3) is 2.71. The smallest absolute Gasteiger partial charge is 0.406 e. The zero-order chi connectivity index (χ0) is 10.6. The van der Waals surface area contributed by atoms with Gasteiger partial charge in [-0.3, -0.25) is 0 Å². The van der Waals surface area contributed by atoms with Crippen LogP contribution in [0.3, 0.4) is 0 Å². The lowest BCUT2D eigenvalue weighted by atomic mass is 10.1. The van der Waals surface area contributed by atoms with E-state index in [1.807, 2.05) is 17.5 Å². The number of alkyl carbamates (subject to hydrolysis) is 1. The van der Waals surface area contributed by atoms with Gasteiger partial charge in [-0.05, 0) is 18.4 Å². The Bertz CT molecular complexity index is 295. The molecule has 2 N–H and O–H groups in total. The fraction of sp³-hybridized carbons (Fsp3) is 0.444. The van der Waals surface area contributed by atoms with E-state index in [2.05, 4.69) is 10.1 Å². The van der Waals surface area contributed by atoms with Crippen LogP contribution < -0.4 is 5.32 Å². The van der Waals surface area contributed by atoms with E-state index >= 15 is 0 Å². The molecule has 0 aliphatic carbocycles. The van der Waals surface area contributed by atoms with Gasteiger partial charge >= 0.3 is 6.09 Å². The van der Waals surface area contributed by atoms with Gasteiger partial charge in [-0.2, -0.15) is 0 Å². The SMILES string of the molecule is COC(=O)NCC(C)(O)c1cccs1. The van der Waals surface area contributed by atoms with Crippen LogP contribution in [-0.4, -0.2) is 24.9 Å². The molecule has 14 heavy (non-hydrogen) atoms. The number of aliphatic hydroxyl groups is 1. The number of hydrogen-bond donors (Lipinski definition) is 2. The fourth-order valence-corrected chi connectivity index (χ4v) is 1.78. The predicted molar refractivity (Wildman–Crippen MR) is 54.3 cm³/mol. The Labute approximate surface area is 86.5 Å². The number of hydrogen-bond acceptors (Lipinski definition) is 4. The van der Waals surface area contributed by atoms with Crippen molar-refractivity contribution in [1.82, 2.24) is 5.32 Å². The van der Waals surface area contributed by atoms with E-state index in [1.165, 1.54) is 18.4 Å². The number of rotatable bonds is 3. The second-order valence-corrected chi connectivity index (χ2v) is 4.04. The lowest BCUT2D eigenvalue weighted by Crippen LogP contribution is -2.37. The molecule has 0 saturated heterocycles. The fourth-order valence-electron chi connectivity index (χ4n) is 0.989. The molecule has 1 atom stereocenters. The second-order valence-electron chi connectivity index (χ2n) is 3.10. The Balaban J connectivity index is 2.54. The standard InChI is InChI=1S/C9H13NO3S/c1-9(12,6-10-8(11)13-2)7-4-3-5-14-7/h3-5,12H,6H2,1-2H3,(H,10,11). The molecule has 1 unspecified atom stereocenters. The number of ether oxygens (including phenoxy) is 1. The Kier molecular flexibility index (Phi) is 3.49. The lowest BCUT2D eigenvalue weighted by Gasteiger charge is -2.21. The molecule has 5 heteroatoms. The van der Waals surface area contributed by atoms with Crippen molar-refractivity contribution in [2.24, 2.45) is 0 Å². The molecular weight excluding hydrogens is 202 g/mol. The van der Waals surface area contributed by atoms with Crippen LogP contribution >= 0.6 is 11.3 Å². The average molecular weight is 215 g/mol. The molecule has 4 nitrogen and oxygen atoms in total. The van der Waals surface area contributed by atoms with Crippen LogP contribution in [-0.2, 0) is 10.3 Å². The lowest BCUT2D eigenvalue weighted by molar-refractivity contribution is 0.0589. The maximum absolute atomic E-state index is 10.8. The molecule has 0 fully saturated rings. The van der Waals surface area contributed by atoms with Gasteiger partial charge in [0.15, 0.2) is 0 Å². The number of carbonyl (C=O) groups is 1. The van der Waals surface area contributed by atoms with Crippen molar-refractivity contribution in [1.29, 1.82) is 0 Å². The molecule has 0 aliphatic heterocycles. The first-order valence-electron chi connectivity index (χ1n) is 4.14. The monoisotopic (exact) mass is 215 g/mol. The van der Waals surface area contributed by atoms with Crippen LogP contribution in [0.15, 0.2) is 17.5 Å². The molecule has 0 bridgehead atoms. The number of methoxy groups -OCH3 is 1. The largest absolute Gasteiger partial charge is 0.453 e. The maximum atomic E-state index is 10.8. The number of carbonyl (C=O) groups excluding carboxylic acids is 1. The Hall–Kier alpha value is -1.07. The Morgan fingerprint density at radius 1 is 1.79 bits per heavy atom. The Morgan fingerprint density at radius 3 is 3.00 bits per heavy atom. The van der Waals surface area contributed by atoms with Gasteiger partial charge in [0.25, 0.3) is 0 Å². The van der Waals surface area contributed by atoms with E-state index in [-0.39, 0.29) is 6.54 Å². The summed E-state index contributed by atoms with van der Waals surface area (Å²) >= 11 is 1.45. The van der Waals surface area contributed by atoms with Crippen molar-refractivity contribution >= 4 is 17.4 Å². The van der Waals surface area contributed by atoms with Gasteiger partial charge in [-0.25, -0.2) is 4.79 Å². The molecule has 1 aromatic heterocycles. The van der Waals surface area contributed by atoms with Crippen LogP contribution in [0.5, 0.6) is 0 Å². The minimum atomic E-state index is -1.04. The van der Waals surface area contributed by atoms with Crippen molar-refractivity contribution in [2.45, 2.75) is 12.5 Å². The van der Waals surface area contributed by atoms with Crippen molar-refractivity contribution in [3.8, 4) is 0 Å². The zero-order valence-corrected chi connectivity index (χ0v) is 8.93. The van der Waals surface area contributed by atoms with E-state index in [0.29, 0.717) is 0 Å². The van der Waals surface area contributed by atoms with Gasteiger partial charge in [0, 0.05) is 4.88 Å². The quantitative estimate of drug-likeness (QED) is 0.799. The summed E-state index contributed by atoms with van der Waals surface area (Å²) in [5.41, 5.74) is -1.04. The van der Waals surface area contributed by atoms with Crippen LogP contribution in [0.4, 0.5) is 4.79 Å². The van der Waals surface area contributed by atoms with Gasteiger partial charge in [-0.15, -0.1) is 11.3 Å². The van der Waals surface area contributed by atoms with Crippen molar-refractivity contribution in [3.05, 3.63) is 22.4 Å². The highest BCUT2D eigenvalue weighted by atomic mass is 32.1. The molecule has 1 heterocycles. The number of nitrogens with one attached hydrogen (secondary N) is 1. The maximum Gasteiger partial charge on any atom is 0.406 e. The van der Waals surface area contributed by atoms with Crippen LogP contribution in [0.25, 0.3) is 0 Å². The highest BCUT2D eigenvalue weighted by Gasteiger charge is 2.24. The van der Waals surface area contributed by atoms with Crippen molar-refractivity contribution in [3.63, 3.8) is 0 Å². The van der Waals surface area contributed by atoms with Crippen LogP contribution in [0.2, 0.25) is 0 Å². The first-order valence-corrected chi connectivity index (χ1v) is 5.02. The van der Waals surface area contributed by atoms with Gasteiger partial charge in [0.1, 0.15) is 5.60 Å². The summed E-state index contributed by atoms with van der Waals surface area (Å²) in [4.78, 5) is 11.6. The molecule has 1 aromatic rings. The molecule has 1 rings (SSSR count). The van der Waals surface area contributed by atoms with Gasteiger partial charge in [-0.1, -0.05) is 6.07 Å². The summed E-state index contributed by atoms with van der Waals surface area (Å²) in [7, 11) is 1.29. The first-order chi connectivity index (χ1) is 6.56. The van der Waals surface area contributed by atoms with E-state index in [0.717, 1.165) is 4.88 Å². The molecule has 0 saturated carbocycles. The zero-order valence-electron chi connectivity index (χ0n) is 8.11. The van der Waals surface area contributed by atoms with E-state index in [9.17, 15) is 9.90 Å². The third-order valence-electron chi connectivity index (χ3n) is 1.81. The highest BCUT2D eigenvalue weighted by molar-refractivity contribution is 7.10. The van der Waals surface area contributed by atoms with Crippen molar-refractivity contribution in [2.75, 3.05) is 13.7 Å². The molecule has 1 amide bonds. The van der Waals surface area contributed by atoms with E-state index < -0.39 is 11.7 Å². The topological polar surface area (TPSA) is 58.6 Å². The molecule has 0 aromatic carbocycles. The summed E-state index contributed by atoms with van der Waals surface area (Å²) in [6.45, 7) is 1.79. The predicted octanol–water partition coefficient (Wildman–Crippen LogP) is 1.31. The minimum absolute atomic E-state index is 0.139. The highest BCUT2D eigenvalue weighted by Crippen LogP contribution is 2.24. The molecule has 78 valence electrons. The van der Waals surface area contributed by atoms with Crippen LogP contribution in [0.1, 0.15) is 11.8 Å². The second kappa shape index (κ2) is 4.43. The summed E-state index contributed by atoms with van der Waals surface area (Å²) < 4.78 is 4.41. The van der Waals surface area contributed by atoms with Gasteiger partial charge in [0.2, 0.25) is 0 Å². The van der Waals surface area contributed by atoms with Gasteiger partial charge in [0.05, 0.1) is 13.7 Å². The van der Waals surface area contributed by atoms with E-state index in [4.69, 9.17) is 0 Å². The summed E-state index contributed by atoms with van der Waals surface area (Å²) in [5, 5.41) is 14.3. The van der Waals surface area contributed by atoms with Crippen molar-refractivity contribution < 1.29 is 14.6 Å². The molecule has 0 aliphatic rings. The minimum Gasteiger partial charge on any atom is -0.453 e. The summed E-state index contributed by atoms with van der Waals surface area (Å²) in [6, 6.07) is 3.68. The van der Waals surface area contributed by atoms with E-state index in [1.54, 1.807) is 6.92 Å².